The van der Waals surface area contributed by atoms with Gasteiger partial charge in [-0.15, -0.1) is 0 Å². The maximum Gasteiger partial charge on any atom is 0.0411 e. The van der Waals surface area contributed by atoms with Gasteiger partial charge in [0.15, 0.2) is 0 Å². The third-order valence-corrected chi connectivity index (χ3v) is 5.46. The van der Waals surface area contributed by atoms with Crippen molar-refractivity contribution in [1.29, 1.82) is 0 Å². The van der Waals surface area contributed by atoms with E-state index in [9.17, 15) is 0 Å². The first kappa shape index (κ1) is 19.8. The van der Waals surface area contributed by atoms with E-state index in [1.807, 2.05) is 0 Å². The van der Waals surface area contributed by atoms with Gasteiger partial charge in [-0.1, -0.05) is 60.7 Å². The van der Waals surface area contributed by atoms with Gasteiger partial charge in [-0.2, -0.15) is 0 Å². The van der Waals surface area contributed by atoms with Crippen LogP contribution >= 0.6 is 0 Å². The predicted octanol–water partition coefficient (Wildman–Crippen LogP) is 7.67. The first-order chi connectivity index (χ1) is 14.8. The summed E-state index contributed by atoms with van der Waals surface area (Å²) in [4.78, 5) is 4.65. The summed E-state index contributed by atoms with van der Waals surface area (Å²) in [5, 5.41) is 0. The van der Waals surface area contributed by atoms with Gasteiger partial charge in [0.25, 0.3) is 0 Å². The normalized spacial score (nSPS) is 10.6. The molecule has 0 atom stereocenters. The van der Waals surface area contributed by atoms with Crippen LogP contribution in [0.2, 0.25) is 0 Å². The Hall–Kier alpha value is -3.52. The molecule has 0 saturated carbocycles. The number of rotatable bonds is 7. The first-order valence-corrected chi connectivity index (χ1v) is 10.7. The molecule has 4 rings (SSSR count). The van der Waals surface area contributed by atoms with Gasteiger partial charge in [0, 0.05) is 35.8 Å². The fourth-order valence-corrected chi connectivity index (χ4v) is 3.91. The molecule has 0 bridgehead atoms. The summed E-state index contributed by atoms with van der Waals surface area (Å²) in [5.41, 5.74) is 7.33. The molecule has 30 heavy (non-hydrogen) atoms. The molecule has 0 heterocycles. The Morgan fingerprint density at radius 2 is 0.700 bits per heavy atom. The topological polar surface area (TPSA) is 6.48 Å². The maximum absolute atomic E-state index is 2.33. The highest BCUT2D eigenvalue weighted by Crippen LogP contribution is 2.30. The summed E-state index contributed by atoms with van der Waals surface area (Å²) < 4.78 is 0. The number of hydrogen-bond acceptors (Lipinski definition) is 2. The lowest BCUT2D eigenvalue weighted by atomic mass is 10.0. The summed E-state index contributed by atoms with van der Waals surface area (Å²) in [6.45, 7) is 6.24. The van der Waals surface area contributed by atoms with Gasteiger partial charge in [-0.25, -0.2) is 0 Å². The summed E-state index contributed by atoms with van der Waals surface area (Å²) in [5.74, 6) is 0. The standard InChI is InChI=1S/C28H28N2/c1-3-29(25-11-7-5-8-12-25)27-19-15-23(16-20-27)24-17-21-28(22-18-24)30(4-2)26-13-9-6-10-14-26/h5-22H,3-4H2,1-2H3. The van der Waals surface area contributed by atoms with Crippen molar-refractivity contribution < 1.29 is 0 Å². The number of nitrogens with zero attached hydrogens (tertiary/aromatic N) is 2. The van der Waals surface area contributed by atoms with Crippen LogP contribution in [0.25, 0.3) is 11.1 Å². The number of hydrogen-bond donors (Lipinski definition) is 0. The molecule has 0 fully saturated rings. The van der Waals surface area contributed by atoms with E-state index in [0.29, 0.717) is 0 Å². The van der Waals surface area contributed by atoms with Gasteiger partial charge in [-0.05, 0) is 73.5 Å². The van der Waals surface area contributed by atoms with Gasteiger partial charge in [0.05, 0.1) is 0 Å². The minimum Gasteiger partial charge on any atom is -0.342 e. The van der Waals surface area contributed by atoms with Crippen LogP contribution in [0.4, 0.5) is 22.7 Å². The molecule has 0 amide bonds. The third kappa shape index (κ3) is 4.23. The van der Waals surface area contributed by atoms with Crippen molar-refractivity contribution in [3.63, 3.8) is 0 Å². The fraction of sp³-hybridized carbons (Fsp3) is 0.143. The minimum atomic E-state index is 0.935. The van der Waals surface area contributed by atoms with Crippen molar-refractivity contribution in [2.24, 2.45) is 0 Å². The Labute approximate surface area is 180 Å². The van der Waals surface area contributed by atoms with Crippen molar-refractivity contribution in [2.45, 2.75) is 13.8 Å². The lowest BCUT2D eigenvalue weighted by Gasteiger charge is -2.24. The van der Waals surface area contributed by atoms with Gasteiger partial charge < -0.3 is 9.80 Å². The zero-order chi connectivity index (χ0) is 20.8. The van der Waals surface area contributed by atoms with E-state index in [1.165, 1.54) is 33.9 Å². The molecule has 0 saturated heterocycles. The van der Waals surface area contributed by atoms with Crippen LogP contribution < -0.4 is 9.80 Å². The SMILES string of the molecule is CCN(c1ccccc1)c1ccc(-c2ccc(N(CC)c3ccccc3)cc2)cc1. The van der Waals surface area contributed by atoms with Crippen molar-refractivity contribution in [1.82, 2.24) is 0 Å². The Kier molecular flexibility index (Phi) is 6.14. The van der Waals surface area contributed by atoms with E-state index < -0.39 is 0 Å². The van der Waals surface area contributed by atoms with E-state index in [4.69, 9.17) is 0 Å². The minimum absolute atomic E-state index is 0.935. The Bertz CT molecular complexity index is 950. The summed E-state index contributed by atoms with van der Waals surface area (Å²) in [6, 6.07) is 38.8. The van der Waals surface area contributed by atoms with E-state index in [2.05, 4.69) is 133 Å². The molecular formula is C28H28N2. The lowest BCUT2D eigenvalue weighted by molar-refractivity contribution is 1.02. The fourth-order valence-electron chi connectivity index (χ4n) is 3.91. The van der Waals surface area contributed by atoms with E-state index >= 15 is 0 Å². The number of benzene rings is 4. The molecule has 0 unspecified atom stereocenters. The first-order valence-electron chi connectivity index (χ1n) is 10.7. The average Bonchev–Trinajstić information content (AvgIpc) is 2.82. The largest absolute Gasteiger partial charge is 0.342 e. The summed E-state index contributed by atoms with van der Waals surface area (Å²) >= 11 is 0. The summed E-state index contributed by atoms with van der Waals surface area (Å²) in [6.07, 6.45) is 0. The van der Waals surface area contributed by atoms with E-state index in [0.717, 1.165) is 13.1 Å². The van der Waals surface area contributed by atoms with Crippen molar-refractivity contribution in [2.75, 3.05) is 22.9 Å². The number of anilines is 4. The molecule has 0 aromatic heterocycles. The van der Waals surface area contributed by atoms with Gasteiger partial charge in [-0.3, -0.25) is 0 Å². The van der Waals surface area contributed by atoms with Crippen LogP contribution in [0, 0.1) is 0 Å². The van der Waals surface area contributed by atoms with Crippen molar-refractivity contribution in [3.05, 3.63) is 109 Å². The molecule has 0 radical (unpaired) electrons. The number of para-hydroxylation sites is 2. The Morgan fingerprint density at radius 1 is 0.400 bits per heavy atom. The molecule has 150 valence electrons. The van der Waals surface area contributed by atoms with E-state index in [1.54, 1.807) is 0 Å². The Morgan fingerprint density at radius 3 is 1.00 bits per heavy atom. The van der Waals surface area contributed by atoms with Crippen LogP contribution in [0.15, 0.2) is 109 Å². The van der Waals surface area contributed by atoms with Crippen molar-refractivity contribution in [3.8, 4) is 11.1 Å². The van der Waals surface area contributed by atoms with Crippen molar-refractivity contribution >= 4 is 22.7 Å². The molecule has 0 aliphatic heterocycles. The lowest BCUT2D eigenvalue weighted by Crippen LogP contribution is -2.15. The molecule has 0 N–H and O–H groups in total. The van der Waals surface area contributed by atoms with Gasteiger partial charge >= 0.3 is 0 Å². The second kappa shape index (κ2) is 9.32. The smallest absolute Gasteiger partial charge is 0.0411 e. The molecule has 4 aromatic carbocycles. The quantitative estimate of drug-likeness (QED) is 0.318. The second-order valence-corrected chi connectivity index (χ2v) is 7.25. The highest BCUT2D eigenvalue weighted by molar-refractivity contribution is 5.72. The Balaban J connectivity index is 1.55. The monoisotopic (exact) mass is 392 g/mol. The van der Waals surface area contributed by atoms with E-state index in [-0.39, 0.29) is 0 Å². The maximum atomic E-state index is 2.33. The molecule has 0 aliphatic rings. The van der Waals surface area contributed by atoms with Crippen LogP contribution in [0.5, 0.6) is 0 Å². The summed E-state index contributed by atoms with van der Waals surface area (Å²) in [7, 11) is 0. The van der Waals surface area contributed by atoms with Crippen LogP contribution in [-0.2, 0) is 0 Å². The highest BCUT2D eigenvalue weighted by atomic mass is 15.1. The predicted molar refractivity (Wildman–Crippen MR) is 130 cm³/mol. The zero-order valence-electron chi connectivity index (χ0n) is 17.7. The zero-order valence-corrected chi connectivity index (χ0v) is 17.7. The molecule has 4 aromatic rings. The average molecular weight is 393 g/mol. The molecule has 0 spiro atoms. The third-order valence-electron chi connectivity index (χ3n) is 5.46. The highest BCUT2D eigenvalue weighted by Gasteiger charge is 2.09. The van der Waals surface area contributed by atoms with Gasteiger partial charge in [0.2, 0.25) is 0 Å². The van der Waals surface area contributed by atoms with Gasteiger partial charge in [0.1, 0.15) is 0 Å². The molecule has 2 heteroatoms. The van der Waals surface area contributed by atoms with Crippen LogP contribution in [-0.4, -0.2) is 13.1 Å². The molecule has 0 aliphatic carbocycles. The van der Waals surface area contributed by atoms with Crippen LogP contribution in [0.3, 0.4) is 0 Å². The molecule has 2 nitrogen and oxygen atoms in total. The second-order valence-electron chi connectivity index (χ2n) is 7.25. The molecular weight excluding hydrogens is 364 g/mol. The van der Waals surface area contributed by atoms with Crippen LogP contribution in [0.1, 0.15) is 13.8 Å².